The van der Waals surface area contributed by atoms with Crippen LogP contribution in [-0.4, -0.2) is 74.9 Å². The monoisotopic (exact) mass is 545 g/mol. The molecule has 1 amide bonds. The quantitative estimate of drug-likeness (QED) is 0.304. The third-order valence-corrected chi connectivity index (χ3v) is 8.41. The summed E-state index contributed by atoms with van der Waals surface area (Å²) in [4.78, 5) is 23.5. The van der Waals surface area contributed by atoms with Crippen LogP contribution in [0.2, 0.25) is 0 Å². The van der Waals surface area contributed by atoms with Gasteiger partial charge in [0.2, 0.25) is 6.86 Å². The summed E-state index contributed by atoms with van der Waals surface area (Å²) in [5.41, 5.74) is 2.00. The van der Waals surface area contributed by atoms with E-state index in [2.05, 4.69) is 19.9 Å². The van der Waals surface area contributed by atoms with Gasteiger partial charge in [-0.2, -0.15) is 0 Å². The molecule has 2 aliphatic heterocycles. The number of aliphatic hydroxyl groups is 1. The Balaban J connectivity index is 1.38. The summed E-state index contributed by atoms with van der Waals surface area (Å²) in [7, 11) is 0. The predicted octanol–water partition coefficient (Wildman–Crippen LogP) is 3.83. The number of nitrogens with zero attached hydrogens (tertiary/aromatic N) is 3. The lowest BCUT2D eigenvalue weighted by molar-refractivity contribution is 0.0526. The van der Waals surface area contributed by atoms with Gasteiger partial charge in [-0.05, 0) is 80.3 Å². The van der Waals surface area contributed by atoms with Gasteiger partial charge >= 0.3 is 0 Å². The Morgan fingerprint density at radius 3 is 2.74 bits per heavy atom. The van der Waals surface area contributed by atoms with E-state index < -0.39 is 6.86 Å². The van der Waals surface area contributed by atoms with Gasteiger partial charge in [-0.1, -0.05) is 0 Å². The Morgan fingerprint density at radius 1 is 1.21 bits per heavy atom. The number of carbonyl (C=O) groups excluding carboxylic acids is 1. The zero-order valence-electron chi connectivity index (χ0n) is 21.7. The molecular formula is C27H36FN5O4S. The first-order valence-electron chi connectivity index (χ1n) is 13.3. The second kappa shape index (κ2) is 12.1. The first kappa shape index (κ1) is 27.0. The van der Waals surface area contributed by atoms with Gasteiger partial charge in [0.15, 0.2) is 11.6 Å². The maximum Gasteiger partial charge on any atom is 0.258 e. The number of aromatic nitrogens is 1. The van der Waals surface area contributed by atoms with Crippen LogP contribution in [0.4, 0.5) is 21.7 Å². The molecule has 0 unspecified atom stereocenters. The Kier molecular flexibility index (Phi) is 8.57. The minimum absolute atomic E-state index is 0.00662. The molecule has 0 bridgehead atoms. The number of rotatable bonds is 10. The number of amides is 1. The standard InChI is InChI=1S/C27H36FN5O4S/c1-19-17-33(13-15-36-19)25-23(37-18-28)4-5-24(30-25)31-26(35)21-3-2-20(38-29-10-14-34)16-22(21)32-11-8-27(6-7-27)9-12-32/h2-5,16,19,29,34H,6-15,17-18H2,1H3,(H,30,31,35)/t19-/m0/s1. The van der Waals surface area contributed by atoms with E-state index in [1.807, 2.05) is 30.0 Å². The molecule has 1 aromatic heterocycles. The van der Waals surface area contributed by atoms with Crippen LogP contribution in [0.1, 0.15) is 43.0 Å². The molecule has 1 saturated carbocycles. The van der Waals surface area contributed by atoms with Crippen molar-refractivity contribution < 1.29 is 23.8 Å². The number of benzene rings is 1. The molecule has 9 nitrogen and oxygen atoms in total. The summed E-state index contributed by atoms with van der Waals surface area (Å²) >= 11 is 1.44. The van der Waals surface area contributed by atoms with Gasteiger partial charge in [0.25, 0.3) is 5.91 Å². The lowest BCUT2D eigenvalue weighted by atomic mass is 9.93. The second-order valence-corrected chi connectivity index (χ2v) is 11.2. The molecule has 1 atom stereocenters. The summed E-state index contributed by atoms with van der Waals surface area (Å²) in [6.45, 7) is 5.12. The number of carbonyl (C=O) groups is 1. The van der Waals surface area contributed by atoms with Crippen LogP contribution in [0.25, 0.3) is 0 Å². The van der Waals surface area contributed by atoms with Crippen molar-refractivity contribution in [2.45, 2.75) is 43.6 Å². The number of aliphatic hydroxyl groups excluding tert-OH is 1. The van der Waals surface area contributed by atoms with Crippen molar-refractivity contribution in [3.8, 4) is 5.75 Å². The molecule has 206 valence electrons. The normalized spacial score (nSPS) is 20.4. The minimum atomic E-state index is -0.960. The fraction of sp³-hybridized carbons (Fsp3) is 0.556. The summed E-state index contributed by atoms with van der Waals surface area (Å²) in [5, 5.41) is 12.1. The third-order valence-electron chi connectivity index (χ3n) is 7.57. The highest BCUT2D eigenvalue weighted by atomic mass is 32.2. The summed E-state index contributed by atoms with van der Waals surface area (Å²) in [5.74, 6) is 0.946. The summed E-state index contributed by atoms with van der Waals surface area (Å²) < 4.78 is 27.0. The molecule has 3 aliphatic rings. The van der Waals surface area contributed by atoms with Gasteiger partial charge < -0.3 is 29.7 Å². The number of piperidine rings is 1. The van der Waals surface area contributed by atoms with Crippen molar-refractivity contribution in [3.05, 3.63) is 35.9 Å². The molecule has 11 heteroatoms. The molecule has 3 heterocycles. The number of halogens is 1. The van der Waals surface area contributed by atoms with Gasteiger partial charge in [0.1, 0.15) is 5.82 Å². The lowest BCUT2D eigenvalue weighted by Gasteiger charge is -2.35. The number of anilines is 3. The van der Waals surface area contributed by atoms with Gasteiger partial charge in [-0.15, -0.1) is 0 Å². The van der Waals surface area contributed by atoms with Crippen molar-refractivity contribution in [2.75, 3.05) is 67.9 Å². The van der Waals surface area contributed by atoms with Crippen LogP contribution in [-0.2, 0) is 4.74 Å². The van der Waals surface area contributed by atoms with Crippen LogP contribution in [0.5, 0.6) is 5.75 Å². The summed E-state index contributed by atoms with van der Waals surface area (Å²) in [6, 6.07) is 9.08. The molecule has 1 aliphatic carbocycles. The van der Waals surface area contributed by atoms with Crippen LogP contribution >= 0.6 is 11.9 Å². The van der Waals surface area contributed by atoms with E-state index in [1.165, 1.54) is 24.8 Å². The fourth-order valence-electron chi connectivity index (χ4n) is 5.21. The predicted molar refractivity (Wildman–Crippen MR) is 147 cm³/mol. The Hall–Kier alpha value is -2.60. The van der Waals surface area contributed by atoms with Crippen LogP contribution in [0, 0.1) is 5.41 Å². The molecule has 1 spiro atoms. The molecule has 2 aromatic rings. The van der Waals surface area contributed by atoms with Crippen molar-refractivity contribution in [1.82, 2.24) is 9.71 Å². The van der Waals surface area contributed by atoms with Crippen molar-refractivity contribution in [2.24, 2.45) is 5.41 Å². The zero-order valence-corrected chi connectivity index (χ0v) is 22.6. The highest BCUT2D eigenvalue weighted by Gasteiger charge is 2.44. The molecule has 5 rings (SSSR count). The Bertz CT molecular complexity index is 1120. The van der Waals surface area contributed by atoms with Crippen LogP contribution in [0.15, 0.2) is 35.2 Å². The second-order valence-electron chi connectivity index (χ2n) is 10.2. The number of pyridine rings is 1. The molecule has 2 saturated heterocycles. The molecule has 0 radical (unpaired) electrons. The van der Waals surface area contributed by atoms with Crippen molar-refractivity contribution in [1.29, 1.82) is 0 Å². The van der Waals surface area contributed by atoms with Crippen LogP contribution in [0.3, 0.4) is 0 Å². The molecule has 38 heavy (non-hydrogen) atoms. The van der Waals surface area contributed by atoms with Gasteiger partial charge in [-0.3, -0.25) is 9.52 Å². The minimum Gasteiger partial charge on any atom is -0.459 e. The molecule has 3 fully saturated rings. The van der Waals surface area contributed by atoms with E-state index in [4.69, 9.17) is 14.6 Å². The zero-order chi connectivity index (χ0) is 26.5. The molecule has 3 N–H and O–H groups in total. The number of ether oxygens (including phenoxy) is 2. The van der Waals surface area contributed by atoms with E-state index in [0.29, 0.717) is 54.6 Å². The highest BCUT2D eigenvalue weighted by Crippen LogP contribution is 2.54. The van der Waals surface area contributed by atoms with E-state index in [0.717, 1.165) is 36.5 Å². The number of morpholine rings is 1. The molecular weight excluding hydrogens is 509 g/mol. The largest absolute Gasteiger partial charge is 0.459 e. The van der Waals surface area contributed by atoms with Gasteiger partial charge in [-0.25, -0.2) is 9.37 Å². The first-order valence-corrected chi connectivity index (χ1v) is 14.1. The Morgan fingerprint density at radius 2 is 2.03 bits per heavy atom. The smallest absolute Gasteiger partial charge is 0.258 e. The number of nitrogens with one attached hydrogen (secondary N) is 2. The average Bonchev–Trinajstić information content (AvgIpc) is 3.68. The fourth-order valence-corrected chi connectivity index (χ4v) is 5.87. The number of hydrogen-bond acceptors (Lipinski definition) is 9. The molecule has 1 aromatic carbocycles. The van der Waals surface area contributed by atoms with Crippen LogP contribution < -0.4 is 24.6 Å². The van der Waals surface area contributed by atoms with Crippen molar-refractivity contribution >= 4 is 35.2 Å². The maximum absolute atomic E-state index is 13.6. The third kappa shape index (κ3) is 6.33. The van der Waals surface area contributed by atoms with Gasteiger partial charge in [0.05, 0.1) is 30.6 Å². The summed E-state index contributed by atoms with van der Waals surface area (Å²) in [6.07, 6.45) is 4.92. The van der Waals surface area contributed by atoms with Crippen molar-refractivity contribution in [3.63, 3.8) is 0 Å². The van der Waals surface area contributed by atoms with E-state index in [-0.39, 0.29) is 18.6 Å². The van der Waals surface area contributed by atoms with E-state index in [9.17, 15) is 9.18 Å². The highest BCUT2D eigenvalue weighted by molar-refractivity contribution is 7.97. The Labute approximate surface area is 227 Å². The lowest BCUT2D eigenvalue weighted by Crippen LogP contribution is -2.41. The van der Waals surface area contributed by atoms with Gasteiger partial charge in [0, 0.05) is 37.6 Å². The first-order chi connectivity index (χ1) is 18.5. The number of alkyl halides is 1. The SMILES string of the molecule is C[C@H]1CN(c2nc(NC(=O)c3ccc(SNCCO)cc3N3CCC4(CC3)CC4)ccc2OCF)CCO1. The topological polar surface area (TPSA) is 99.2 Å². The van der Waals surface area contributed by atoms with E-state index in [1.54, 1.807) is 12.1 Å². The maximum atomic E-state index is 13.6. The average molecular weight is 546 g/mol. The number of hydrogen-bond donors (Lipinski definition) is 3. The van der Waals surface area contributed by atoms with E-state index >= 15 is 0 Å².